The van der Waals surface area contributed by atoms with Gasteiger partial charge in [0.05, 0.1) is 29.5 Å². The molecular formula is C20H21Cl2IN2O4. The number of rotatable bonds is 10. The van der Waals surface area contributed by atoms with Crippen LogP contribution in [0.3, 0.4) is 0 Å². The van der Waals surface area contributed by atoms with Crippen molar-refractivity contribution in [2.75, 3.05) is 19.8 Å². The predicted octanol–water partition coefficient (Wildman–Crippen LogP) is 5.06. The Labute approximate surface area is 193 Å². The molecule has 2 aromatic rings. The van der Waals surface area contributed by atoms with E-state index in [0.29, 0.717) is 41.3 Å². The quantitative estimate of drug-likeness (QED) is 0.194. The second kappa shape index (κ2) is 12.1. The number of hydrazone groups is 1. The zero-order chi connectivity index (χ0) is 21.2. The van der Waals surface area contributed by atoms with Crippen molar-refractivity contribution in [3.8, 4) is 11.5 Å². The molecule has 0 aliphatic carbocycles. The molecule has 0 aliphatic rings. The summed E-state index contributed by atoms with van der Waals surface area (Å²) >= 11 is 14.4. The normalized spacial score (nSPS) is 10.8. The Morgan fingerprint density at radius 1 is 1.17 bits per heavy atom. The van der Waals surface area contributed by atoms with Crippen LogP contribution in [0.4, 0.5) is 0 Å². The lowest BCUT2D eigenvalue weighted by Gasteiger charge is -2.14. The summed E-state index contributed by atoms with van der Waals surface area (Å²) in [4.78, 5) is 11.6. The van der Waals surface area contributed by atoms with Crippen LogP contribution in [-0.2, 0) is 16.1 Å². The summed E-state index contributed by atoms with van der Waals surface area (Å²) in [5.41, 5.74) is 4.52. The SMILES string of the molecule is CCOC(=O)COc1c(I)cc(/C=N/NCc2c(Cl)cccc2Cl)cc1OCC. The summed E-state index contributed by atoms with van der Waals surface area (Å²) in [6.07, 6.45) is 1.66. The van der Waals surface area contributed by atoms with Crippen LogP contribution in [0.25, 0.3) is 0 Å². The van der Waals surface area contributed by atoms with Crippen molar-refractivity contribution in [3.63, 3.8) is 0 Å². The van der Waals surface area contributed by atoms with E-state index in [4.69, 9.17) is 37.4 Å². The van der Waals surface area contributed by atoms with Gasteiger partial charge >= 0.3 is 5.97 Å². The molecule has 0 atom stereocenters. The molecule has 2 rings (SSSR count). The maximum atomic E-state index is 11.6. The highest BCUT2D eigenvalue weighted by molar-refractivity contribution is 14.1. The van der Waals surface area contributed by atoms with Gasteiger partial charge in [0, 0.05) is 15.6 Å². The van der Waals surface area contributed by atoms with Gasteiger partial charge in [-0.1, -0.05) is 29.3 Å². The molecule has 0 bridgehead atoms. The Morgan fingerprint density at radius 3 is 2.55 bits per heavy atom. The van der Waals surface area contributed by atoms with Crippen molar-refractivity contribution >= 4 is 58.0 Å². The fraction of sp³-hybridized carbons (Fsp3) is 0.300. The number of carbonyl (C=O) groups is 1. The van der Waals surface area contributed by atoms with Crippen molar-refractivity contribution < 1.29 is 19.0 Å². The van der Waals surface area contributed by atoms with Crippen molar-refractivity contribution in [1.82, 2.24) is 5.43 Å². The third-order valence-corrected chi connectivity index (χ3v) is 5.10. The summed E-state index contributed by atoms with van der Waals surface area (Å²) in [6, 6.07) is 9.01. The topological polar surface area (TPSA) is 69.2 Å². The van der Waals surface area contributed by atoms with Gasteiger partial charge in [-0.25, -0.2) is 4.79 Å². The van der Waals surface area contributed by atoms with E-state index in [0.717, 1.165) is 14.7 Å². The maximum absolute atomic E-state index is 11.6. The molecule has 156 valence electrons. The Bertz CT molecular complexity index is 858. The van der Waals surface area contributed by atoms with E-state index in [2.05, 4.69) is 33.1 Å². The highest BCUT2D eigenvalue weighted by atomic mass is 127. The molecule has 0 aromatic heterocycles. The highest BCUT2D eigenvalue weighted by Gasteiger charge is 2.14. The summed E-state index contributed by atoms with van der Waals surface area (Å²) < 4.78 is 16.9. The number of carbonyl (C=O) groups excluding carboxylic acids is 1. The molecule has 0 spiro atoms. The predicted molar refractivity (Wildman–Crippen MR) is 123 cm³/mol. The molecule has 0 radical (unpaired) electrons. The lowest BCUT2D eigenvalue weighted by atomic mass is 10.2. The smallest absolute Gasteiger partial charge is 0.344 e. The van der Waals surface area contributed by atoms with Crippen LogP contribution < -0.4 is 14.9 Å². The lowest BCUT2D eigenvalue weighted by molar-refractivity contribution is -0.145. The minimum Gasteiger partial charge on any atom is -0.490 e. The first kappa shape index (κ1) is 23.6. The van der Waals surface area contributed by atoms with Crippen LogP contribution in [0.2, 0.25) is 10.0 Å². The molecule has 0 heterocycles. The second-order valence-corrected chi connectivity index (χ2v) is 7.63. The fourth-order valence-corrected chi connectivity index (χ4v) is 3.66. The van der Waals surface area contributed by atoms with Gasteiger partial charge in [0.1, 0.15) is 0 Å². The van der Waals surface area contributed by atoms with E-state index in [-0.39, 0.29) is 6.61 Å². The molecule has 2 aromatic carbocycles. The molecule has 0 saturated carbocycles. The molecule has 29 heavy (non-hydrogen) atoms. The van der Waals surface area contributed by atoms with E-state index < -0.39 is 5.97 Å². The van der Waals surface area contributed by atoms with Gasteiger partial charge in [0.25, 0.3) is 0 Å². The Balaban J connectivity index is 2.08. The standard InChI is InChI=1S/C20H21Cl2IN2O4/c1-3-27-18-9-13(8-17(23)20(18)29-12-19(26)28-4-2)10-24-25-11-14-15(21)6-5-7-16(14)22/h5-10,25H,3-4,11-12H2,1-2H3/b24-10+. The molecule has 0 unspecified atom stereocenters. The molecule has 0 aliphatic heterocycles. The van der Waals surface area contributed by atoms with Crippen molar-refractivity contribution in [3.05, 3.63) is 55.1 Å². The monoisotopic (exact) mass is 550 g/mol. The van der Waals surface area contributed by atoms with E-state index in [1.54, 1.807) is 37.4 Å². The van der Waals surface area contributed by atoms with Crippen LogP contribution in [-0.4, -0.2) is 32.0 Å². The summed E-state index contributed by atoms with van der Waals surface area (Å²) in [5.74, 6) is 0.589. The molecule has 1 N–H and O–H groups in total. The third-order valence-electron chi connectivity index (χ3n) is 3.59. The Morgan fingerprint density at radius 2 is 1.90 bits per heavy atom. The average Bonchev–Trinajstić information content (AvgIpc) is 2.67. The number of ether oxygens (including phenoxy) is 3. The number of nitrogens with one attached hydrogen (secondary N) is 1. The average molecular weight is 551 g/mol. The number of benzene rings is 2. The highest BCUT2D eigenvalue weighted by Crippen LogP contribution is 2.34. The van der Waals surface area contributed by atoms with Crippen molar-refractivity contribution in [2.45, 2.75) is 20.4 Å². The van der Waals surface area contributed by atoms with E-state index in [1.807, 2.05) is 13.0 Å². The number of halogens is 3. The number of nitrogens with zero attached hydrogens (tertiary/aromatic N) is 1. The third kappa shape index (κ3) is 7.24. The molecule has 9 heteroatoms. The van der Waals surface area contributed by atoms with Crippen LogP contribution in [0.1, 0.15) is 25.0 Å². The molecular weight excluding hydrogens is 530 g/mol. The number of hydrogen-bond donors (Lipinski definition) is 1. The van der Waals surface area contributed by atoms with Gasteiger partial charge in [-0.05, 0) is 66.3 Å². The van der Waals surface area contributed by atoms with Crippen molar-refractivity contribution in [1.29, 1.82) is 0 Å². The van der Waals surface area contributed by atoms with Crippen LogP contribution in [0, 0.1) is 3.57 Å². The van der Waals surface area contributed by atoms with Gasteiger partial charge < -0.3 is 19.6 Å². The summed E-state index contributed by atoms with van der Waals surface area (Å²) in [6.45, 7) is 4.59. The zero-order valence-corrected chi connectivity index (χ0v) is 19.7. The van der Waals surface area contributed by atoms with Crippen LogP contribution in [0.5, 0.6) is 11.5 Å². The first-order chi connectivity index (χ1) is 14.0. The van der Waals surface area contributed by atoms with E-state index >= 15 is 0 Å². The van der Waals surface area contributed by atoms with Gasteiger partial charge in [-0.15, -0.1) is 0 Å². The maximum Gasteiger partial charge on any atom is 0.344 e. The first-order valence-electron chi connectivity index (χ1n) is 8.89. The summed E-state index contributed by atoms with van der Waals surface area (Å²) in [7, 11) is 0. The lowest BCUT2D eigenvalue weighted by Crippen LogP contribution is -2.15. The largest absolute Gasteiger partial charge is 0.490 e. The molecule has 6 nitrogen and oxygen atoms in total. The fourth-order valence-electron chi connectivity index (χ4n) is 2.35. The molecule has 0 saturated heterocycles. The van der Waals surface area contributed by atoms with E-state index in [1.165, 1.54) is 0 Å². The second-order valence-electron chi connectivity index (χ2n) is 5.65. The minimum atomic E-state index is -0.432. The number of esters is 1. The molecule has 0 amide bonds. The first-order valence-corrected chi connectivity index (χ1v) is 10.7. The van der Waals surface area contributed by atoms with Gasteiger partial charge in [0.15, 0.2) is 18.1 Å². The van der Waals surface area contributed by atoms with E-state index in [9.17, 15) is 4.79 Å². The van der Waals surface area contributed by atoms with Crippen LogP contribution in [0.15, 0.2) is 35.4 Å². The zero-order valence-electron chi connectivity index (χ0n) is 16.0. The number of hydrogen-bond acceptors (Lipinski definition) is 6. The Kier molecular flexibility index (Phi) is 9.83. The van der Waals surface area contributed by atoms with Gasteiger partial charge in [-0.3, -0.25) is 0 Å². The van der Waals surface area contributed by atoms with Crippen LogP contribution >= 0.6 is 45.8 Å². The minimum absolute atomic E-state index is 0.183. The van der Waals surface area contributed by atoms with Gasteiger partial charge in [0.2, 0.25) is 0 Å². The Hall–Kier alpha value is -1.71. The molecule has 0 fully saturated rings. The van der Waals surface area contributed by atoms with Crippen molar-refractivity contribution in [2.24, 2.45) is 5.10 Å². The van der Waals surface area contributed by atoms with Gasteiger partial charge in [-0.2, -0.15) is 5.10 Å². The summed E-state index contributed by atoms with van der Waals surface area (Å²) in [5, 5.41) is 5.38.